The zero-order valence-corrected chi connectivity index (χ0v) is 19.5. The van der Waals surface area contributed by atoms with Gasteiger partial charge in [0.25, 0.3) is 15.9 Å². The van der Waals surface area contributed by atoms with Gasteiger partial charge in [-0.1, -0.05) is 22.9 Å². The van der Waals surface area contributed by atoms with Gasteiger partial charge in [-0.3, -0.25) is 19.6 Å². The van der Waals surface area contributed by atoms with Crippen LogP contribution in [-0.4, -0.2) is 25.2 Å². The first-order valence-electron chi connectivity index (χ1n) is 9.58. The lowest BCUT2D eigenvalue weighted by atomic mass is 10.2. The molecule has 4 aromatic rings. The van der Waals surface area contributed by atoms with Gasteiger partial charge in [-0.2, -0.15) is 0 Å². The minimum absolute atomic E-state index is 0.0752. The van der Waals surface area contributed by atoms with Gasteiger partial charge >= 0.3 is 0 Å². The smallest absolute Gasteiger partial charge is 0.261 e. The number of aromatic nitrogens is 1. The standard InChI is InChI=1S/C22H17ClN4O4S2/c1-13(28)24-17-8-11-19-20(12-17)32-22(25-19)26-21(29)14-2-6-16(7-3-14)27-33(30,31)18-9-4-15(23)5-10-18/h2-12,27H,1H3,(H,24,28)(H,25,26,29). The van der Waals surface area contributed by atoms with Crippen molar-refractivity contribution >= 4 is 71.5 Å². The van der Waals surface area contributed by atoms with E-state index < -0.39 is 10.0 Å². The molecule has 0 aliphatic rings. The van der Waals surface area contributed by atoms with Crippen LogP contribution in [0.2, 0.25) is 5.02 Å². The molecule has 0 fully saturated rings. The summed E-state index contributed by atoms with van der Waals surface area (Å²) in [6.07, 6.45) is 0. The highest BCUT2D eigenvalue weighted by Gasteiger charge is 2.15. The predicted octanol–water partition coefficient (Wildman–Crippen LogP) is 4.96. The van der Waals surface area contributed by atoms with Crippen molar-refractivity contribution in [3.8, 4) is 0 Å². The zero-order chi connectivity index (χ0) is 23.6. The number of benzene rings is 3. The fourth-order valence-corrected chi connectivity index (χ4v) is 5.03. The molecule has 0 aliphatic carbocycles. The molecule has 1 heterocycles. The highest BCUT2D eigenvalue weighted by Crippen LogP contribution is 2.29. The third-order valence-electron chi connectivity index (χ3n) is 4.45. The van der Waals surface area contributed by atoms with Gasteiger partial charge in [0.1, 0.15) is 0 Å². The number of fused-ring (bicyclic) bond motifs is 1. The van der Waals surface area contributed by atoms with E-state index in [2.05, 4.69) is 20.3 Å². The van der Waals surface area contributed by atoms with E-state index in [0.29, 0.717) is 32.6 Å². The highest BCUT2D eigenvalue weighted by atomic mass is 35.5. The summed E-state index contributed by atoms with van der Waals surface area (Å²) in [5.74, 6) is -0.561. The number of hydrogen-bond donors (Lipinski definition) is 3. The van der Waals surface area contributed by atoms with E-state index in [-0.39, 0.29) is 16.7 Å². The number of carbonyl (C=O) groups is 2. The Labute approximate surface area is 198 Å². The Hall–Kier alpha value is -3.47. The van der Waals surface area contributed by atoms with Crippen LogP contribution in [0.5, 0.6) is 0 Å². The maximum atomic E-state index is 12.6. The fourth-order valence-electron chi connectivity index (χ4n) is 2.95. The molecule has 1 aromatic heterocycles. The van der Waals surface area contributed by atoms with E-state index in [9.17, 15) is 18.0 Å². The second kappa shape index (κ2) is 9.18. The Bertz CT molecular complexity index is 1450. The van der Waals surface area contributed by atoms with Gasteiger partial charge in [-0.15, -0.1) is 0 Å². The molecule has 0 bridgehead atoms. The molecule has 33 heavy (non-hydrogen) atoms. The Balaban J connectivity index is 1.45. The van der Waals surface area contributed by atoms with Crippen molar-refractivity contribution in [3.05, 3.63) is 77.3 Å². The summed E-state index contributed by atoms with van der Waals surface area (Å²) in [5, 5.41) is 6.28. The third-order valence-corrected chi connectivity index (χ3v) is 7.04. The van der Waals surface area contributed by atoms with Gasteiger partial charge in [0.05, 0.1) is 15.1 Å². The average molecular weight is 501 g/mol. The Morgan fingerprint density at radius 1 is 0.909 bits per heavy atom. The van der Waals surface area contributed by atoms with Gasteiger partial charge in [0.15, 0.2) is 5.13 Å². The summed E-state index contributed by atoms with van der Waals surface area (Å²) in [7, 11) is -3.78. The third kappa shape index (κ3) is 5.48. The maximum Gasteiger partial charge on any atom is 0.261 e. The molecule has 8 nitrogen and oxygen atoms in total. The molecule has 3 N–H and O–H groups in total. The summed E-state index contributed by atoms with van der Waals surface area (Å²) >= 11 is 7.08. The van der Waals surface area contributed by atoms with Gasteiger partial charge in [-0.25, -0.2) is 13.4 Å². The first-order valence-corrected chi connectivity index (χ1v) is 12.3. The molecular formula is C22H17ClN4O4S2. The number of nitrogens with zero attached hydrogens (tertiary/aromatic N) is 1. The highest BCUT2D eigenvalue weighted by molar-refractivity contribution is 7.92. The number of thiazole rings is 1. The second-order valence-electron chi connectivity index (χ2n) is 6.97. The van der Waals surface area contributed by atoms with E-state index in [1.54, 1.807) is 18.2 Å². The molecule has 0 saturated carbocycles. The lowest BCUT2D eigenvalue weighted by molar-refractivity contribution is -0.114. The van der Waals surface area contributed by atoms with Crippen LogP contribution >= 0.6 is 22.9 Å². The lowest BCUT2D eigenvalue weighted by Gasteiger charge is -2.09. The molecular weight excluding hydrogens is 484 g/mol. The van der Waals surface area contributed by atoms with Crippen molar-refractivity contribution in [2.24, 2.45) is 0 Å². The minimum Gasteiger partial charge on any atom is -0.326 e. The van der Waals surface area contributed by atoms with Gasteiger partial charge in [-0.05, 0) is 66.7 Å². The van der Waals surface area contributed by atoms with Crippen LogP contribution in [0, 0.1) is 0 Å². The SMILES string of the molecule is CC(=O)Nc1ccc2nc(NC(=O)c3ccc(NS(=O)(=O)c4ccc(Cl)cc4)cc3)sc2c1. The van der Waals surface area contributed by atoms with Crippen LogP contribution in [0.3, 0.4) is 0 Å². The van der Waals surface area contributed by atoms with Crippen LogP contribution in [0.15, 0.2) is 71.6 Å². The summed E-state index contributed by atoms with van der Waals surface area (Å²) in [6.45, 7) is 1.43. The zero-order valence-electron chi connectivity index (χ0n) is 17.1. The number of carbonyl (C=O) groups excluding carboxylic acids is 2. The maximum absolute atomic E-state index is 12.6. The number of hydrogen-bond acceptors (Lipinski definition) is 6. The van der Waals surface area contributed by atoms with E-state index in [1.165, 1.54) is 66.8 Å². The van der Waals surface area contributed by atoms with Gasteiger partial charge < -0.3 is 5.32 Å². The van der Waals surface area contributed by atoms with E-state index in [4.69, 9.17) is 11.6 Å². The van der Waals surface area contributed by atoms with Crippen molar-refractivity contribution in [2.45, 2.75) is 11.8 Å². The Morgan fingerprint density at radius 3 is 2.24 bits per heavy atom. The molecule has 0 radical (unpaired) electrons. The van der Waals surface area contributed by atoms with Crippen LogP contribution < -0.4 is 15.4 Å². The summed E-state index contributed by atoms with van der Waals surface area (Å²) in [6, 6.07) is 17.1. The molecule has 0 unspecified atom stereocenters. The Kier molecular flexibility index (Phi) is 6.32. The van der Waals surface area contributed by atoms with E-state index >= 15 is 0 Å². The molecule has 2 amide bonds. The summed E-state index contributed by atoms with van der Waals surface area (Å²) in [5.41, 5.74) is 1.99. The Morgan fingerprint density at radius 2 is 1.58 bits per heavy atom. The van der Waals surface area contributed by atoms with Crippen molar-refractivity contribution in [2.75, 3.05) is 15.4 Å². The topological polar surface area (TPSA) is 117 Å². The van der Waals surface area contributed by atoms with Crippen LogP contribution in [0.1, 0.15) is 17.3 Å². The average Bonchev–Trinajstić information content (AvgIpc) is 3.15. The molecule has 4 rings (SSSR count). The van der Waals surface area contributed by atoms with Crippen LogP contribution in [0.4, 0.5) is 16.5 Å². The van der Waals surface area contributed by atoms with Gasteiger partial charge in [0, 0.05) is 28.9 Å². The second-order valence-corrected chi connectivity index (χ2v) is 10.1. The van der Waals surface area contributed by atoms with E-state index in [1.807, 2.05) is 0 Å². The first kappa shape index (κ1) is 22.7. The van der Waals surface area contributed by atoms with Crippen molar-refractivity contribution in [3.63, 3.8) is 0 Å². The number of rotatable bonds is 6. The molecule has 11 heteroatoms. The molecule has 168 valence electrons. The molecule has 3 aromatic carbocycles. The molecule has 0 atom stereocenters. The van der Waals surface area contributed by atoms with E-state index in [0.717, 1.165) is 4.70 Å². The van der Waals surface area contributed by atoms with Crippen molar-refractivity contribution in [1.29, 1.82) is 0 Å². The summed E-state index contributed by atoms with van der Waals surface area (Å²) < 4.78 is 28.2. The first-order chi connectivity index (χ1) is 15.7. The quantitative estimate of drug-likeness (QED) is 0.346. The summed E-state index contributed by atoms with van der Waals surface area (Å²) in [4.78, 5) is 28.3. The number of sulfonamides is 1. The number of nitrogens with one attached hydrogen (secondary N) is 3. The molecule has 0 spiro atoms. The number of halogens is 1. The van der Waals surface area contributed by atoms with Crippen molar-refractivity contribution < 1.29 is 18.0 Å². The largest absolute Gasteiger partial charge is 0.326 e. The normalized spacial score (nSPS) is 11.2. The molecule has 0 saturated heterocycles. The fraction of sp³-hybridized carbons (Fsp3) is 0.0455. The molecule has 0 aliphatic heterocycles. The van der Waals surface area contributed by atoms with Crippen molar-refractivity contribution in [1.82, 2.24) is 4.98 Å². The van der Waals surface area contributed by atoms with Crippen LogP contribution in [-0.2, 0) is 14.8 Å². The van der Waals surface area contributed by atoms with Gasteiger partial charge in [0.2, 0.25) is 5.91 Å². The lowest BCUT2D eigenvalue weighted by Crippen LogP contribution is -2.14. The monoisotopic (exact) mass is 500 g/mol. The number of amides is 2. The predicted molar refractivity (Wildman–Crippen MR) is 131 cm³/mol. The number of anilines is 3. The minimum atomic E-state index is -3.78. The van der Waals surface area contributed by atoms with Crippen LogP contribution in [0.25, 0.3) is 10.2 Å².